The number of halogens is 2. The molecule has 7 heteroatoms. The van der Waals surface area contributed by atoms with Crippen molar-refractivity contribution >= 4 is 49.8 Å². The van der Waals surface area contributed by atoms with Gasteiger partial charge in [-0.1, -0.05) is 18.5 Å². The van der Waals surface area contributed by atoms with E-state index in [1.807, 2.05) is 0 Å². The number of carbonyl (C=O) groups is 1. The zero-order chi connectivity index (χ0) is 14.0. The lowest BCUT2D eigenvalue weighted by Gasteiger charge is -2.18. The third-order valence-electron chi connectivity index (χ3n) is 2.39. The second-order valence-electron chi connectivity index (χ2n) is 3.48. The van der Waals surface area contributed by atoms with Gasteiger partial charge in [-0.05, 0) is 46.9 Å². The molecule has 0 unspecified atom stereocenters. The second-order valence-corrected chi connectivity index (χ2v) is 9.68. The average Bonchev–Trinajstić information content (AvgIpc) is 2.37. The Morgan fingerprint density at radius 3 is 2.28 bits per heavy atom. The number of ketones is 1. The van der Waals surface area contributed by atoms with Crippen molar-refractivity contribution in [1.29, 1.82) is 0 Å². The van der Waals surface area contributed by atoms with Crippen molar-refractivity contribution in [3.8, 4) is 5.75 Å². The summed E-state index contributed by atoms with van der Waals surface area (Å²) in [5.74, 6) is -0.255. The molecule has 0 radical (unpaired) electrons. The van der Waals surface area contributed by atoms with Crippen LogP contribution in [0.4, 0.5) is 0 Å². The smallest absolute Gasteiger partial charge is 0.257 e. The van der Waals surface area contributed by atoms with Crippen molar-refractivity contribution in [1.82, 2.24) is 0 Å². The van der Waals surface area contributed by atoms with Gasteiger partial charge in [-0.15, -0.1) is 0 Å². The first-order chi connectivity index (χ1) is 8.26. The van der Waals surface area contributed by atoms with Crippen molar-refractivity contribution < 1.29 is 17.9 Å². The second kappa shape index (κ2) is 5.75. The van der Waals surface area contributed by atoms with E-state index in [1.54, 1.807) is 12.1 Å². The largest absolute Gasteiger partial charge is 0.497 e. The maximum absolute atomic E-state index is 12.1. The quantitative estimate of drug-likeness (QED) is 0.432. The fraction of sp³-hybridized carbons (Fsp3) is 0.364. The molecule has 0 fully saturated rings. The number of benzene rings is 1. The molecular formula is C11H12ClIO4S. The third kappa shape index (κ3) is 2.97. The summed E-state index contributed by atoms with van der Waals surface area (Å²) in [6, 6.07) is 6.13. The predicted molar refractivity (Wildman–Crippen MR) is 79.4 cm³/mol. The van der Waals surface area contributed by atoms with Crippen molar-refractivity contribution in [2.75, 3.05) is 12.9 Å². The molecule has 1 rings (SSSR count). The molecule has 0 bridgehead atoms. The fourth-order valence-electron chi connectivity index (χ4n) is 1.23. The Kier molecular flexibility index (Phi) is 5.02. The highest BCUT2D eigenvalue weighted by atomic mass is 127. The molecule has 0 N–H and O–H groups in total. The topological polar surface area (TPSA) is 60.4 Å². The Morgan fingerprint density at radius 1 is 1.39 bits per heavy atom. The van der Waals surface area contributed by atoms with Crippen LogP contribution in [0, 0.1) is 0 Å². The summed E-state index contributed by atoms with van der Waals surface area (Å²) in [6.07, 6.45) is 0. The van der Waals surface area contributed by atoms with Gasteiger partial charge in [-0.25, -0.2) is 8.42 Å². The summed E-state index contributed by atoms with van der Waals surface area (Å²) in [4.78, 5) is 12.1. The number of sulfone groups is 1. The first-order valence-corrected chi connectivity index (χ1v) is 8.16. The molecule has 1 atom stereocenters. The van der Waals surface area contributed by atoms with Crippen molar-refractivity contribution in [2.24, 2.45) is 0 Å². The van der Waals surface area contributed by atoms with Gasteiger partial charge in [0.25, 0.3) is 2.21 Å². The van der Waals surface area contributed by atoms with Gasteiger partial charge in [-0.2, -0.15) is 0 Å². The van der Waals surface area contributed by atoms with Crippen LogP contribution in [0.15, 0.2) is 24.3 Å². The summed E-state index contributed by atoms with van der Waals surface area (Å²) in [5.41, 5.74) is 0.234. The molecular weight excluding hydrogens is 391 g/mol. The van der Waals surface area contributed by atoms with Crippen LogP contribution in [0.5, 0.6) is 5.75 Å². The van der Waals surface area contributed by atoms with Gasteiger partial charge in [0.15, 0.2) is 9.84 Å². The number of hydrogen-bond donors (Lipinski definition) is 0. The van der Waals surface area contributed by atoms with Crippen LogP contribution in [0.25, 0.3) is 0 Å². The summed E-state index contributed by atoms with van der Waals surface area (Å²) >= 11 is 7.37. The highest BCUT2D eigenvalue weighted by Gasteiger charge is 2.45. The fourth-order valence-corrected chi connectivity index (χ4v) is 3.68. The molecule has 0 aliphatic heterocycles. The van der Waals surface area contributed by atoms with Crippen LogP contribution in [0.1, 0.15) is 17.3 Å². The van der Waals surface area contributed by atoms with Gasteiger partial charge in [0.1, 0.15) is 5.75 Å². The Bertz CT molecular complexity index is 537. The minimum atomic E-state index is -3.69. The molecule has 0 saturated heterocycles. The molecule has 0 aliphatic rings. The number of carbonyl (C=O) groups excluding carboxylic acids is 1. The molecule has 0 aliphatic carbocycles. The van der Waals surface area contributed by atoms with Crippen LogP contribution in [0.2, 0.25) is 0 Å². The summed E-state index contributed by atoms with van der Waals surface area (Å²) in [7, 11) is -2.19. The Morgan fingerprint density at radius 2 is 1.89 bits per heavy atom. The SMILES string of the molecule is CCS(=O)(=O)[C@@](Cl)(I)C(=O)c1ccc(OC)cc1. The molecule has 0 spiro atoms. The van der Waals surface area contributed by atoms with Crippen molar-refractivity contribution in [3.63, 3.8) is 0 Å². The van der Waals surface area contributed by atoms with Crippen LogP contribution in [-0.4, -0.2) is 29.3 Å². The molecule has 0 heterocycles. The zero-order valence-corrected chi connectivity index (χ0v) is 13.5. The maximum atomic E-state index is 12.1. The standard InChI is InChI=1S/C11H12ClIO4S/c1-3-18(15,16)11(12,13)10(14)8-4-6-9(17-2)7-5-8/h4-7H,3H2,1-2H3/t11-/m0/s1. The van der Waals surface area contributed by atoms with E-state index in [0.29, 0.717) is 5.75 Å². The Hall–Kier alpha value is -0.340. The molecule has 1 aromatic carbocycles. The lowest BCUT2D eigenvalue weighted by Crippen LogP contribution is -2.36. The number of Topliss-reactive ketones (excluding diaryl/α,β-unsaturated/α-hetero) is 1. The van der Waals surface area contributed by atoms with E-state index in [-0.39, 0.29) is 11.3 Å². The molecule has 100 valence electrons. The third-order valence-corrected chi connectivity index (χ3v) is 7.49. The highest BCUT2D eigenvalue weighted by molar-refractivity contribution is 14.1. The lowest BCUT2D eigenvalue weighted by atomic mass is 10.1. The molecule has 18 heavy (non-hydrogen) atoms. The van der Waals surface area contributed by atoms with E-state index in [9.17, 15) is 13.2 Å². The number of rotatable bonds is 5. The van der Waals surface area contributed by atoms with E-state index in [2.05, 4.69) is 0 Å². The first kappa shape index (κ1) is 15.7. The number of methoxy groups -OCH3 is 1. The number of hydrogen-bond acceptors (Lipinski definition) is 4. The van der Waals surface area contributed by atoms with Gasteiger partial charge in [0.2, 0.25) is 5.78 Å². The van der Waals surface area contributed by atoms with Crippen LogP contribution < -0.4 is 4.74 Å². The van der Waals surface area contributed by atoms with Crippen molar-refractivity contribution in [2.45, 2.75) is 9.14 Å². The van der Waals surface area contributed by atoms with Crippen LogP contribution >= 0.6 is 34.2 Å². The van der Waals surface area contributed by atoms with Crippen LogP contribution in [0.3, 0.4) is 0 Å². The number of alkyl halides is 2. The molecule has 4 nitrogen and oxygen atoms in total. The number of ether oxygens (including phenoxy) is 1. The average molecular weight is 403 g/mol. The Labute approximate surface area is 125 Å². The minimum Gasteiger partial charge on any atom is -0.497 e. The van der Waals surface area contributed by atoms with E-state index in [4.69, 9.17) is 16.3 Å². The minimum absolute atomic E-state index is 0.193. The zero-order valence-electron chi connectivity index (χ0n) is 9.81. The van der Waals surface area contributed by atoms with E-state index in [1.165, 1.54) is 48.8 Å². The molecule has 1 aromatic rings. The molecule has 0 saturated carbocycles. The summed E-state index contributed by atoms with van der Waals surface area (Å²) in [6.45, 7) is 1.45. The van der Waals surface area contributed by atoms with Gasteiger partial charge >= 0.3 is 0 Å². The Balaban J connectivity index is 3.14. The van der Waals surface area contributed by atoms with Gasteiger partial charge < -0.3 is 4.74 Å². The highest BCUT2D eigenvalue weighted by Crippen LogP contribution is 2.35. The van der Waals surface area contributed by atoms with Gasteiger partial charge in [0, 0.05) is 5.56 Å². The van der Waals surface area contributed by atoms with Gasteiger partial charge in [0.05, 0.1) is 12.9 Å². The lowest BCUT2D eigenvalue weighted by molar-refractivity contribution is 0.100. The molecule has 0 amide bonds. The van der Waals surface area contributed by atoms with E-state index in [0.717, 1.165) is 0 Å². The maximum Gasteiger partial charge on any atom is 0.257 e. The normalized spacial score (nSPS) is 14.9. The van der Waals surface area contributed by atoms with E-state index >= 15 is 0 Å². The van der Waals surface area contributed by atoms with Gasteiger partial charge in [-0.3, -0.25) is 4.79 Å². The summed E-state index contributed by atoms with van der Waals surface area (Å²) < 4.78 is 26.5. The first-order valence-electron chi connectivity index (χ1n) is 5.05. The van der Waals surface area contributed by atoms with E-state index < -0.39 is 17.8 Å². The monoisotopic (exact) mass is 402 g/mol. The molecule has 0 aromatic heterocycles. The van der Waals surface area contributed by atoms with Crippen molar-refractivity contribution in [3.05, 3.63) is 29.8 Å². The predicted octanol–water partition coefficient (Wildman–Crippen LogP) is 2.64. The summed E-state index contributed by atoms with van der Waals surface area (Å²) in [5, 5.41) is 0. The van der Waals surface area contributed by atoms with Crippen LogP contribution in [-0.2, 0) is 9.84 Å².